The first-order valence-corrected chi connectivity index (χ1v) is 21.2. The Hall–Kier alpha value is -5.52. The van der Waals surface area contributed by atoms with Crippen molar-refractivity contribution in [1.29, 1.82) is 5.26 Å². The number of imide groups is 2. The van der Waals surface area contributed by atoms with E-state index in [2.05, 4.69) is 59.5 Å². The fourth-order valence-corrected chi connectivity index (χ4v) is 10.6. The Morgan fingerprint density at radius 3 is 2.38 bits per heavy atom. The number of amides is 5. The van der Waals surface area contributed by atoms with Gasteiger partial charge < -0.3 is 25.2 Å². The third-order valence-electron chi connectivity index (χ3n) is 13.2. The van der Waals surface area contributed by atoms with Crippen molar-refractivity contribution < 1.29 is 28.7 Å². The van der Waals surface area contributed by atoms with E-state index in [1.807, 2.05) is 18.2 Å². The van der Waals surface area contributed by atoms with Gasteiger partial charge in [0.15, 0.2) is 0 Å². The summed E-state index contributed by atoms with van der Waals surface area (Å²) in [5.41, 5.74) is 1.46. The van der Waals surface area contributed by atoms with Crippen LogP contribution in [0.3, 0.4) is 0 Å². The molecule has 15 heteroatoms. The molecule has 5 amide bonds. The van der Waals surface area contributed by atoms with Gasteiger partial charge in [0, 0.05) is 73.5 Å². The standard InChI is InChI=1S/C45H51ClN8O6/c1-44(2)42(45(3,4)43(44)60-31-10-7-27(22-47)34(46)21-31)51-38(56)28-8-13-36(48-23-28)53-18-15-26(16-19-53)24-52-17-5-6-30(25-52)49-29-9-11-32-33(20-29)41(59)54(40(32)58)35-12-14-37(55)50-39(35)57/h7-11,13,20-21,23,26,30,35,42-43,49H,5-6,12,14-19,24-25H2,1-4H3,(H,51,56)(H,50,55,57)/t30-,35?,42?,43?/m1/s1. The van der Waals surface area contributed by atoms with Gasteiger partial charge in [0.25, 0.3) is 17.7 Å². The van der Waals surface area contributed by atoms with Crippen molar-refractivity contribution in [2.75, 3.05) is 42.9 Å². The van der Waals surface area contributed by atoms with Gasteiger partial charge in [0.1, 0.15) is 29.8 Å². The number of nitrogens with zero attached hydrogens (tertiary/aromatic N) is 5. The Bertz CT molecular complexity index is 2250. The Kier molecular flexibility index (Phi) is 11.1. The number of aromatic nitrogens is 1. The van der Waals surface area contributed by atoms with Crippen molar-refractivity contribution in [2.45, 2.75) is 90.4 Å². The molecule has 3 saturated heterocycles. The molecule has 1 unspecified atom stereocenters. The Balaban J connectivity index is 0.799. The SMILES string of the molecule is CC1(C)C(NC(=O)c2ccc(N3CCC(CN4CCC[C@@H](Nc5ccc6c(c5)C(=O)N(C5CCC(=O)NC5=O)C6=O)C4)CC3)nc2)C(C)(C)C1Oc1ccc(C#N)c(Cl)c1. The molecule has 60 heavy (non-hydrogen) atoms. The van der Waals surface area contributed by atoms with E-state index in [-0.39, 0.29) is 58.9 Å². The molecule has 0 bridgehead atoms. The predicted molar refractivity (Wildman–Crippen MR) is 225 cm³/mol. The van der Waals surface area contributed by atoms with Crippen LogP contribution in [0.1, 0.15) is 103 Å². The molecule has 5 heterocycles. The van der Waals surface area contributed by atoms with Gasteiger partial charge in [0.2, 0.25) is 11.8 Å². The number of fused-ring (bicyclic) bond motifs is 1. The molecule has 3 N–H and O–H groups in total. The summed E-state index contributed by atoms with van der Waals surface area (Å²) in [6.07, 6.45) is 5.77. The van der Waals surface area contributed by atoms with E-state index in [9.17, 15) is 29.2 Å². The van der Waals surface area contributed by atoms with Gasteiger partial charge in [-0.3, -0.25) is 34.2 Å². The number of benzene rings is 2. The number of halogens is 1. The number of nitriles is 1. The molecule has 4 fully saturated rings. The molecule has 8 rings (SSSR count). The first-order chi connectivity index (χ1) is 28.6. The number of piperidine rings is 3. The van der Waals surface area contributed by atoms with E-state index in [0.717, 1.165) is 74.8 Å². The molecule has 1 aromatic heterocycles. The molecule has 5 aliphatic rings. The van der Waals surface area contributed by atoms with Crippen LogP contribution in [0.5, 0.6) is 5.75 Å². The van der Waals surface area contributed by atoms with Gasteiger partial charge in [-0.1, -0.05) is 39.3 Å². The number of pyridine rings is 1. The van der Waals surface area contributed by atoms with Crippen molar-refractivity contribution in [1.82, 2.24) is 25.4 Å². The summed E-state index contributed by atoms with van der Waals surface area (Å²) in [5.74, 6) is -0.210. The summed E-state index contributed by atoms with van der Waals surface area (Å²) in [6, 6.07) is 15.1. The summed E-state index contributed by atoms with van der Waals surface area (Å²) in [5, 5.41) is 18.6. The zero-order valence-corrected chi connectivity index (χ0v) is 35.2. The number of ether oxygens (including phenoxy) is 1. The van der Waals surface area contributed by atoms with Crippen molar-refractivity contribution in [3.05, 3.63) is 82.0 Å². The second-order valence-corrected chi connectivity index (χ2v) is 18.5. The first kappa shape index (κ1) is 41.2. The minimum absolute atomic E-state index is 0.0829. The van der Waals surface area contributed by atoms with E-state index < -0.39 is 29.7 Å². The van der Waals surface area contributed by atoms with Crippen molar-refractivity contribution >= 4 is 52.6 Å². The summed E-state index contributed by atoms with van der Waals surface area (Å²) in [4.78, 5) is 74.6. The van der Waals surface area contributed by atoms with Crippen molar-refractivity contribution in [3.63, 3.8) is 0 Å². The van der Waals surface area contributed by atoms with E-state index in [0.29, 0.717) is 27.8 Å². The molecule has 1 aliphatic carbocycles. The Morgan fingerprint density at radius 2 is 1.70 bits per heavy atom. The summed E-state index contributed by atoms with van der Waals surface area (Å²) in [6.45, 7) is 13.0. The van der Waals surface area contributed by atoms with Crippen LogP contribution in [-0.2, 0) is 9.59 Å². The summed E-state index contributed by atoms with van der Waals surface area (Å²) in [7, 11) is 0. The van der Waals surface area contributed by atoms with Crippen LogP contribution in [0.15, 0.2) is 54.7 Å². The van der Waals surface area contributed by atoms with Gasteiger partial charge in [0.05, 0.1) is 27.3 Å². The monoisotopic (exact) mass is 834 g/mol. The van der Waals surface area contributed by atoms with Gasteiger partial charge in [-0.2, -0.15) is 5.26 Å². The van der Waals surface area contributed by atoms with Crippen LogP contribution in [0.2, 0.25) is 5.02 Å². The lowest BCUT2D eigenvalue weighted by molar-refractivity contribution is -0.164. The zero-order chi connectivity index (χ0) is 42.5. The number of likely N-dealkylation sites (tertiary alicyclic amines) is 1. The lowest BCUT2D eigenvalue weighted by Gasteiger charge is -2.63. The highest BCUT2D eigenvalue weighted by atomic mass is 35.5. The number of carbonyl (C=O) groups excluding carboxylic acids is 5. The summed E-state index contributed by atoms with van der Waals surface area (Å²) < 4.78 is 6.38. The van der Waals surface area contributed by atoms with Crippen LogP contribution in [0.25, 0.3) is 0 Å². The highest BCUT2D eigenvalue weighted by molar-refractivity contribution is 6.31. The van der Waals surface area contributed by atoms with Crippen LogP contribution in [0.4, 0.5) is 11.5 Å². The average Bonchev–Trinajstić information content (AvgIpc) is 3.47. The first-order valence-electron chi connectivity index (χ1n) is 20.9. The fourth-order valence-electron chi connectivity index (χ4n) is 10.4. The van der Waals surface area contributed by atoms with E-state index in [1.165, 1.54) is 0 Å². The molecule has 314 valence electrons. The molecule has 0 spiro atoms. The summed E-state index contributed by atoms with van der Waals surface area (Å²) >= 11 is 6.25. The molecular weight excluding hydrogens is 784 g/mol. The number of hydrogen-bond acceptors (Lipinski definition) is 11. The molecule has 4 aliphatic heterocycles. The molecule has 0 radical (unpaired) electrons. The molecule has 3 aromatic rings. The number of nitrogens with one attached hydrogen (secondary N) is 3. The molecule has 2 atom stereocenters. The highest BCUT2D eigenvalue weighted by Gasteiger charge is 2.64. The van der Waals surface area contributed by atoms with Gasteiger partial charge >= 0.3 is 0 Å². The Labute approximate surface area is 355 Å². The van der Waals surface area contributed by atoms with Gasteiger partial charge in [-0.15, -0.1) is 0 Å². The third-order valence-corrected chi connectivity index (χ3v) is 13.5. The van der Waals surface area contributed by atoms with E-state index in [4.69, 9.17) is 21.3 Å². The Morgan fingerprint density at radius 1 is 0.950 bits per heavy atom. The van der Waals surface area contributed by atoms with Gasteiger partial charge in [-0.25, -0.2) is 4.98 Å². The lowest BCUT2D eigenvalue weighted by Crippen LogP contribution is -2.74. The molecular formula is C45H51ClN8O6. The maximum Gasteiger partial charge on any atom is 0.262 e. The second kappa shape index (κ2) is 16.2. The molecule has 1 saturated carbocycles. The fraction of sp³-hybridized carbons (Fsp3) is 0.489. The topological polar surface area (TPSA) is 177 Å². The minimum atomic E-state index is -0.986. The molecule has 14 nitrogen and oxygen atoms in total. The largest absolute Gasteiger partial charge is 0.489 e. The number of anilines is 2. The van der Waals surface area contributed by atoms with Gasteiger partial charge in [-0.05, 0) is 87.0 Å². The zero-order valence-electron chi connectivity index (χ0n) is 34.4. The quantitative estimate of drug-likeness (QED) is 0.223. The molecule has 2 aromatic carbocycles. The second-order valence-electron chi connectivity index (χ2n) is 18.1. The highest BCUT2D eigenvalue weighted by Crippen LogP contribution is 2.55. The van der Waals surface area contributed by atoms with Crippen LogP contribution in [0, 0.1) is 28.1 Å². The maximum absolute atomic E-state index is 13.5. The maximum atomic E-state index is 13.5. The van der Waals surface area contributed by atoms with Crippen LogP contribution in [-0.4, -0.2) is 101 Å². The number of hydrogen-bond donors (Lipinski definition) is 3. The normalized spacial score (nSPS) is 25.2. The van der Waals surface area contributed by atoms with Crippen LogP contribution >= 0.6 is 11.6 Å². The van der Waals surface area contributed by atoms with E-state index in [1.54, 1.807) is 36.5 Å². The predicted octanol–water partition coefficient (Wildman–Crippen LogP) is 5.41. The third kappa shape index (κ3) is 7.81. The minimum Gasteiger partial charge on any atom is -0.489 e. The smallest absolute Gasteiger partial charge is 0.262 e. The van der Waals surface area contributed by atoms with E-state index >= 15 is 0 Å². The lowest BCUT2D eigenvalue weighted by atomic mass is 9.49. The van der Waals surface area contributed by atoms with Crippen molar-refractivity contribution in [2.24, 2.45) is 16.7 Å². The van der Waals surface area contributed by atoms with Crippen LogP contribution < -0.4 is 25.6 Å². The number of carbonyl (C=O) groups is 5. The number of rotatable bonds is 10. The van der Waals surface area contributed by atoms with Crippen molar-refractivity contribution in [3.8, 4) is 11.8 Å². The average molecular weight is 835 g/mol.